The highest BCUT2D eigenvalue weighted by Crippen LogP contribution is 2.15. The SMILES string of the molecule is COC(=O)C=C1C=CCCC1. The van der Waals surface area contributed by atoms with E-state index in [1.165, 1.54) is 7.11 Å². The van der Waals surface area contributed by atoms with Crippen molar-refractivity contribution in [1.29, 1.82) is 0 Å². The Kier molecular flexibility index (Phi) is 2.90. The Balaban J connectivity index is 2.57. The Bertz CT molecular complexity index is 202. The number of methoxy groups -OCH3 is 1. The van der Waals surface area contributed by atoms with Gasteiger partial charge < -0.3 is 4.74 Å². The van der Waals surface area contributed by atoms with Crippen LogP contribution >= 0.6 is 0 Å². The van der Waals surface area contributed by atoms with Crippen LogP contribution < -0.4 is 0 Å². The predicted molar refractivity (Wildman–Crippen MR) is 43.1 cm³/mol. The van der Waals surface area contributed by atoms with E-state index in [1.807, 2.05) is 6.08 Å². The molecule has 0 aromatic rings. The number of allylic oxidation sites excluding steroid dienone is 3. The fourth-order valence-electron chi connectivity index (χ4n) is 1.07. The highest BCUT2D eigenvalue weighted by atomic mass is 16.5. The van der Waals surface area contributed by atoms with E-state index in [0.717, 1.165) is 24.8 Å². The van der Waals surface area contributed by atoms with Gasteiger partial charge in [-0.25, -0.2) is 4.79 Å². The molecule has 0 unspecified atom stereocenters. The van der Waals surface area contributed by atoms with Crippen molar-refractivity contribution in [3.8, 4) is 0 Å². The van der Waals surface area contributed by atoms with E-state index in [9.17, 15) is 4.79 Å². The van der Waals surface area contributed by atoms with Crippen LogP contribution in [0.1, 0.15) is 19.3 Å². The molecule has 0 aromatic heterocycles. The standard InChI is InChI=1S/C9H12O2/c1-11-9(10)7-8-5-3-2-4-6-8/h3,5,7H,2,4,6H2,1H3. The fraction of sp³-hybridized carbons (Fsp3) is 0.444. The van der Waals surface area contributed by atoms with Crippen molar-refractivity contribution in [3.05, 3.63) is 23.8 Å². The van der Waals surface area contributed by atoms with Crippen molar-refractivity contribution in [2.24, 2.45) is 0 Å². The third-order valence-electron chi connectivity index (χ3n) is 1.67. The molecule has 0 saturated heterocycles. The molecule has 0 aliphatic heterocycles. The molecule has 60 valence electrons. The number of ether oxygens (including phenoxy) is 1. The minimum Gasteiger partial charge on any atom is -0.466 e. The van der Waals surface area contributed by atoms with Crippen LogP contribution in [0.15, 0.2) is 23.8 Å². The summed E-state index contributed by atoms with van der Waals surface area (Å²) in [5, 5.41) is 0. The van der Waals surface area contributed by atoms with E-state index >= 15 is 0 Å². The topological polar surface area (TPSA) is 26.3 Å². The summed E-state index contributed by atoms with van der Waals surface area (Å²) in [4.78, 5) is 10.7. The van der Waals surface area contributed by atoms with E-state index in [4.69, 9.17) is 0 Å². The second-order valence-electron chi connectivity index (χ2n) is 2.54. The van der Waals surface area contributed by atoms with Crippen LogP contribution in [0.5, 0.6) is 0 Å². The molecule has 0 heterocycles. The summed E-state index contributed by atoms with van der Waals surface area (Å²) in [5.41, 5.74) is 1.07. The minimum atomic E-state index is -0.258. The first-order valence-corrected chi connectivity index (χ1v) is 3.78. The zero-order valence-corrected chi connectivity index (χ0v) is 6.67. The van der Waals surface area contributed by atoms with E-state index in [1.54, 1.807) is 6.08 Å². The monoisotopic (exact) mass is 152 g/mol. The number of rotatable bonds is 1. The molecule has 0 saturated carbocycles. The van der Waals surface area contributed by atoms with Crippen molar-refractivity contribution in [2.45, 2.75) is 19.3 Å². The maximum atomic E-state index is 10.7. The largest absolute Gasteiger partial charge is 0.466 e. The molecule has 2 nitrogen and oxygen atoms in total. The molecule has 1 aliphatic rings. The summed E-state index contributed by atoms with van der Waals surface area (Å²) < 4.78 is 4.50. The van der Waals surface area contributed by atoms with Gasteiger partial charge in [0.15, 0.2) is 0 Å². The van der Waals surface area contributed by atoms with Crippen molar-refractivity contribution in [2.75, 3.05) is 7.11 Å². The maximum Gasteiger partial charge on any atom is 0.330 e. The molecule has 0 bridgehead atoms. The van der Waals surface area contributed by atoms with Crippen molar-refractivity contribution >= 4 is 5.97 Å². The van der Waals surface area contributed by atoms with Gasteiger partial charge in [0.05, 0.1) is 7.11 Å². The molecular weight excluding hydrogens is 140 g/mol. The van der Waals surface area contributed by atoms with Crippen LogP contribution in [0.4, 0.5) is 0 Å². The van der Waals surface area contributed by atoms with Gasteiger partial charge in [-0.15, -0.1) is 0 Å². The second kappa shape index (κ2) is 3.96. The average molecular weight is 152 g/mol. The number of carbonyl (C=O) groups excluding carboxylic acids is 1. The third kappa shape index (κ3) is 2.58. The van der Waals surface area contributed by atoms with Crippen molar-refractivity contribution in [3.63, 3.8) is 0 Å². The van der Waals surface area contributed by atoms with Crippen LogP contribution in [0.3, 0.4) is 0 Å². The van der Waals surface area contributed by atoms with Gasteiger partial charge in [0.2, 0.25) is 0 Å². The van der Waals surface area contributed by atoms with Gasteiger partial charge in [0.1, 0.15) is 0 Å². The normalized spacial score (nSPS) is 20.3. The molecule has 11 heavy (non-hydrogen) atoms. The maximum absolute atomic E-state index is 10.7. The van der Waals surface area contributed by atoms with Gasteiger partial charge in [-0.2, -0.15) is 0 Å². The average Bonchev–Trinajstić information content (AvgIpc) is 2.06. The molecule has 0 aromatic carbocycles. The summed E-state index contributed by atoms with van der Waals surface area (Å²) >= 11 is 0. The van der Waals surface area contributed by atoms with Crippen LogP contribution in [-0.4, -0.2) is 13.1 Å². The summed E-state index contributed by atoms with van der Waals surface area (Å²) in [6.45, 7) is 0. The lowest BCUT2D eigenvalue weighted by Crippen LogP contribution is -1.97. The van der Waals surface area contributed by atoms with Crippen molar-refractivity contribution in [1.82, 2.24) is 0 Å². The second-order valence-corrected chi connectivity index (χ2v) is 2.54. The molecule has 0 radical (unpaired) electrons. The van der Waals surface area contributed by atoms with Gasteiger partial charge >= 0.3 is 5.97 Å². The van der Waals surface area contributed by atoms with Gasteiger partial charge in [0, 0.05) is 6.08 Å². The molecular formula is C9H12O2. The zero-order chi connectivity index (χ0) is 8.10. The Morgan fingerprint density at radius 3 is 3.09 bits per heavy atom. The number of hydrogen-bond acceptors (Lipinski definition) is 2. The summed E-state index contributed by atoms with van der Waals surface area (Å²) in [6, 6.07) is 0. The lowest BCUT2D eigenvalue weighted by molar-refractivity contribution is -0.134. The van der Waals surface area contributed by atoms with Crippen LogP contribution in [-0.2, 0) is 9.53 Å². The number of esters is 1. The van der Waals surface area contributed by atoms with E-state index in [2.05, 4.69) is 10.8 Å². The van der Waals surface area contributed by atoms with Crippen LogP contribution in [0.25, 0.3) is 0 Å². The first-order chi connectivity index (χ1) is 5.33. The summed E-state index contributed by atoms with van der Waals surface area (Å²) in [5.74, 6) is -0.258. The highest BCUT2D eigenvalue weighted by Gasteiger charge is 2.01. The summed E-state index contributed by atoms with van der Waals surface area (Å²) in [6.07, 6.45) is 8.87. The molecule has 1 aliphatic carbocycles. The smallest absolute Gasteiger partial charge is 0.330 e. The molecule has 0 N–H and O–H groups in total. The Hall–Kier alpha value is -1.05. The van der Waals surface area contributed by atoms with Crippen molar-refractivity contribution < 1.29 is 9.53 Å². The van der Waals surface area contributed by atoms with Crippen LogP contribution in [0.2, 0.25) is 0 Å². The van der Waals surface area contributed by atoms with Gasteiger partial charge in [-0.05, 0) is 24.8 Å². The molecule has 2 heteroatoms. The van der Waals surface area contributed by atoms with Crippen LogP contribution in [0, 0.1) is 0 Å². The third-order valence-corrected chi connectivity index (χ3v) is 1.67. The zero-order valence-electron chi connectivity index (χ0n) is 6.67. The minimum absolute atomic E-state index is 0.258. The Morgan fingerprint density at radius 2 is 2.55 bits per heavy atom. The molecule has 0 fully saturated rings. The fourth-order valence-corrected chi connectivity index (χ4v) is 1.07. The Morgan fingerprint density at radius 1 is 1.73 bits per heavy atom. The first kappa shape index (κ1) is 8.05. The van der Waals surface area contributed by atoms with E-state index in [0.29, 0.717) is 0 Å². The summed E-state index contributed by atoms with van der Waals surface area (Å²) in [7, 11) is 1.39. The van der Waals surface area contributed by atoms with E-state index < -0.39 is 0 Å². The molecule has 1 rings (SSSR count). The number of hydrogen-bond donors (Lipinski definition) is 0. The quantitative estimate of drug-likeness (QED) is 0.423. The number of carbonyl (C=O) groups is 1. The first-order valence-electron chi connectivity index (χ1n) is 3.78. The van der Waals surface area contributed by atoms with Gasteiger partial charge in [-0.3, -0.25) is 0 Å². The Labute approximate surface area is 66.5 Å². The van der Waals surface area contributed by atoms with E-state index in [-0.39, 0.29) is 5.97 Å². The highest BCUT2D eigenvalue weighted by molar-refractivity contribution is 5.83. The predicted octanol–water partition coefficient (Wildman–Crippen LogP) is 1.83. The molecule has 0 atom stereocenters. The van der Waals surface area contributed by atoms with Gasteiger partial charge in [-0.1, -0.05) is 12.2 Å². The molecule has 0 amide bonds. The van der Waals surface area contributed by atoms with Gasteiger partial charge in [0.25, 0.3) is 0 Å². The lowest BCUT2D eigenvalue weighted by Gasteiger charge is -2.05. The molecule has 0 spiro atoms. The lowest BCUT2D eigenvalue weighted by atomic mass is 10.0.